The highest BCUT2D eigenvalue weighted by molar-refractivity contribution is 5.92. The normalized spacial score (nSPS) is 10.9. The van der Waals surface area contributed by atoms with Crippen molar-refractivity contribution in [2.24, 2.45) is 0 Å². The van der Waals surface area contributed by atoms with Crippen molar-refractivity contribution in [3.05, 3.63) is 46.2 Å². The maximum Gasteiger partial charge on any atom is 0.420 e. The van der Waals surface area contributed by atoms with Gasteiger partial charge in [-0.2, -0.15) is 0 Å². The highest BCUT2D eigenvalue weighted by atomic mass is 16.4. The number of anilines is 2. The van der Waals surface area contributed by atoms with Crippen molar-refractivity contribution in [2.75, 3.05) is 24.3 Å². The smallest absolute Gasteiger partial charge is 0.408 e. The van der Waals surface area contributed by atoms with E-state index in [1.165, 1.54) is 4.57 Å². The number of aromatic nitrogens is 3. The van der Waals surface area contributed by atoms with Crippen molar-refractivity contribution < 1.29 is 9.21 Å². The van der Waals surface area contributed by atoms with Crippen molar-refractivity contribution in [3.8, 4) is 0 Å². The van der Waals surface area contributed by atoms with Crippen molar-refractivity contribution >= 4 is 28.6 Å². The molecule has 0 radical (unpaired) electrons. The van der Waals surface area contributed by atoms with Crippen LogP contribution < -0.4 is 16.0 Å². The van der Waals surface area contributed by atoms with Crippen LogP contribution in [0.4, 0.5) is 11.6 Å². The van der Waals surface area contributed by atoms with Gasteiger partial charge in [0.2, 0.25) is 11.9 Å². The Morgan fingerprint density at radius 2 is 1.84 bits per heavy atom. The average molecular weight is 341 g/mol. The summed E-state index contributed by atoms with van der Waals surface area (Å²) in [5.41, 5.74) is 2.90. The van der Waals surface area contributed by atoms with Gasteiger partial charge in [-0.15, -0.1) is 0 Å². The Balaban J connectivity index is 1.86. The first kappa shape index (κ1) is 16.7. The van der Waals surface area contributed by atoms with Gasteiger partial charge in [-0.05, 0) is 26.0 Å². The quantitative estimate of drug-likeness (QED) is 0.776. The summed E-state index contributed by atoms with van der Waals surface area (Å²) in [7, 11) is 3.70. The fourth-order valence-electron chi connectivity index (χ4n) is 2.57. The van der Waals surface area contributed by atoms with Crippen LogP contribution in [0.15, 0.2) is 33.5 Å². The Morgan fingerprint density at radius 1 is 1.20 bits per heavy atom. The third kappa shape index (κ3) is 3.23. The van der Waals surface area contributed by atoms with Crippen LogP contribution in [0.1, 0.15) is 11.4 Å². The van der Waals surface area contributed by atoms with Crippen LogP contribution in [-0.4, -0.2) is 34.5 Å². The molecule has 0 bridgehead atoms. The Hall–Kier alpha value is -3.16. The van der Waals surface area contributed by atoms with Crippen LogP contribution in [0.25, 0.3) is 11.1 Å². The van der Waals surface area contributed by atoms with E-state index in [1.54, 1.807) is 43.0 Å². The zero-order chi connectivity index (χ0) is 18.1. The number of carbonyl (C=O) groups is 1. The number of amides is 1. The molecule has 0 fully saturated rings. The molecule has 130 valence electrons. The van der Waals surface area contributed by atoms with Crippen LogP contribution in [0.3, 0.4) is 0 Å². The predicted octanol–water partition coefficient (Wildman–Crippen LogP) is 1.71. The number of aryl methyl sites for hydroxylation is 2. The number of fused-ring (bicyclic) bond motifs is 1. The van der Waals surface area contributed by atoms with Gasteiger partial charge in [0.15, 0.2) is 5.58 Å². The van der Waals surface area contributed by atoms with Gasteiger partial charge in [0.25, 0.3) is 0 Å². The Morgan fingerprint density at radius 3 is 2.48 bits per heavy atom. The Labute approximate surface area is 144 Å². The lowest BCUT2D eigenvalue weighted by atomic mass is 10.2. The summed E-state index contributed by atoms with van der Waals surface area (Å²) < 4.78 is 6.43. The summed E-state index contributed by atoms with van der Waals surface area (Å²) in [6, 6.07) is 6.98. The maximum atomic E-state index is 12.4. The molecule has 0 spiro atoms. The Kier molecular flexibility index (Phi) is 4.26. The van der Waals surface area contributed by atoms with Gasteiger partial charge in [0.1, 0.15) is 6.54 Å². The zero-order valence-electron chi connectivity index (χ0n) is 14.5. The van der Waals surface area contributed by atoms with E-state index in [0.717, 1.165) is 0 Å². The molecule has 0 aliphatic heterocycles. The first-order valence-electron chi connectivity index (χ1n) is 7.77. The minimum absolute atomic E-state index is 0.149. The minimum Gasteiger partial charge on any atom is -0.408 e. The lowest BCUT2D eigenvalue weighted by Crippen LogP contribution is -2.26. The summed E-state index contributed by atoms with van der Waals surface area (Å²) in [6.45, 7) is 3.46. The molecular formula is C17H19N5O3. The van der Waals surface area contributed by atoms with Gasteiger partial charge in [-0.1, -0.05) is 12.1 Å². The van der Waals surface area contributed by atoms with Crippen LogP contribution in [0.5, 0.6) is 0 Å². The van der Waals surface area contributed by atoms with Crippen LogP contribution in [0, 0.1) is 13.8 Å². The number of nitrogens with zero attached hydrogens (tertiary/aromatic N) is 4. The third-order valence-corrected chi connectivity index (χ3v) is 3.80. The second-order valence-electron chi connectivity index (χ2n) is 5.93. The van der Waals surface area contributed by atoms with Crippen LogP contribution in [0.2, 0.25) is 0 Å². The average Bonchev–Trinajstić information content (AvgIpc) is 2.86. The van der Waals surface area contributed by atoms with Crippen molar-refractivity contribution in [1.29, 1.82) is 0 Å². The zero-order valence-corrected chi connectivity index (χ0v) is 14.5. The molecule has 0 unspecified atom stereocenters. The molecule has 1 N–H and O–H groups in total. The van der Waals surface area contributed by atoms with Gasteiger partial charge in [-0.25, -0.2) is 14.8 Å². The molecule has 1 amide bonds. The standard InChI is InChI=1S/C17H19N5O3/c1-10-15(11(2)19-16(18-10)21(3)4)20-14(23)9-22-12-7-5-6-8-13(12)25-17(22)24/h5-8H,9H2,1-4H3,(H,20,23). The second kappa shape index (κ2) is 6.39. The molecule has 0 saturated heterocycles. The summed E-state index contributed by atoms with van der Waals surface area (Å²) in [6.07, 6.45) is 0. The molecule has 0 aliphatic carbocycles. The molecule has 8 heteroatoms. The van der Waals surface area contributed by atoms with E-state index >= 15 is 0 Å². The van der Waals surface area contributed by atoms with Crippen LogP contribution in [-0.2, 0) is 11.3 Å². The molecular weight excluding hydrogens is 322 g/mol. The lowest BCUT2D eigenvalue weighted by Gasteiger charge is -2.15. The highest BCUT2D eigenvalue weighted by Crippen LogP contribution is 2.20. The molecule has 2 heterocycles. The number of hydrogen-bond donors (Lipinski definition) is 1. The molecule has 0 aliphatic rings. The molecule has 1 aromatic carbocycles. The van der Waals surface area contributed by atoms with Gasteiger partial charge in [-0.3, -0.25) is 9.36 Å². The van der Waals surface area contributed by atoms with E-state index < -0.39 is 5.76 Å². The van der Waals surface area contributed by atoms with Gasteiger partial charge >= 0.3 is 5.76 Å². The number of hydrogen-bond acceptors (Lipinski definition) is 6. The summed E-state index contributed by atoms with van der Waals surface area (Å²) in [5, 5.41) is 2.79. The van der Waals surface area contributed by atoms with E-state index in [4.69, 9.17) is 4.42 Å². The predicted molar refractivity (Wildman–Crippen MR) is 94.9 cm³/mol. The first-order chi connectivity index (χ1) is 11.9. The van der Waals surface area contributed by atoms with E-state index in [-0.39, 0.29) is 12.5 Å². The van der Waals surface area contributed by atoms with Gasteiger partial charge < -0.3 is 14.6 Å². The van der Waals surface area contributed by atoms with E-state index in [0.29, 0.717) is 34.1 Å². The summed E-state index contributed by atoms with van der Waals surface area (Å²) >= 11 is 0. The lowest BCUT2D eigenvalue weighted by molar-refractivity contribution is -0.116. The third-order valence-electron chi connectivity index (χ3n) is 3.80. The maximum absolute atomic E-state index is 12.4. The second-order valence-corrected chi connectivity index (χ2v) is 5.93. The number of carbonyl (C=O) groups excluding carboxylic acids is 1. The number of oxazole rings is 1. The summed E-state index contributed by atoms with van der Waals surface area (Å²) in [4.78, 5) is 34.9. The van der Waals surface area contributed by atoms with E-state index in [9.17, 15) is 9.59 Å². The topological polar surface area (TPSA) is 93.3 Å². The van der Waals surface area contributed by atoms with E-state index in [2.05, 4.69) is 15.3 Å². The number of nitrogens with one attached hydrogen (secondary N) is 1. The van der Waals surface area contributed by atoms with E-state index in [1.807, 2.05) is 14.1 Å². The SMILES string of the molecule is Cc1nc(N(C)C)nc(C)c1NC(=O)Cn1c(=O)oc2ccccc21. The summed E-state index contributed by atoms with van der Waals surface area (Å²) in [5.74, 6) is -0.338. The number of rotatable bonds is 4. The molecule has 25 heavy (non-hydrogen) atoms. The van der Waals surface area contributed by atoms with Crippen LogP contribution >= 0.6 is 0 Å². The minimum atomic E-state index is -0.566. The number of benzene rings is 1. The monoisotopic (exact) mass is 341 g/mol. The fraction of sp³-hybridized carbons (Fsp3) is 0.294. The number of para-hydroxylation sites is 2. The molecule has 0 atom stereocenters. The highest BCUT2D eigenvalue weighted by Gasteiger charge is 2.16. The fourth-order valence-corrected chi connectivity index (χ4v) is 2.57. The molecule has 3 rings (SSSR count). The van der Waals surface area contributed by atoms with Gasteiger partial charge in [0, 0.05) is 14.1 Å². The van der Waals surface area contributed by atoms with Crippen molar-refractivity contribution in [2.45, 2.75) is 20.4 Å². The van der Waals surface area contributed by atoms with Crippen molar-refractivity contribution in [1.82, 2.24) is 14.5 Å². The Bertz CT molecular complexity index is 980. The van der Waals surface area contributed by atoms with Crippen molar-refractivity contribution in [3.63, 3.8) is 0 Å². The molecule has 0 saturated carbocycles. The molecule has 2 aromatic heterocycles. The molecule has 8 nitrogen and oxygen atoms in total. The van der Waals surface area contributed by atoms with Gasteiger partial charge in [0.05, 0.1) is 22.6 Å². The molecule has 3 aromatic rings. The largest absolute Gasteiger partial charge is 0.420 e. The first-order valence-corrected chi connectivity index (χ1v) is 7.77.